The second-order valence-corrected chi connectivity index (χ2v) is 0.575. The molecule has 0 rings (SSSR count). The second kappa shape index (κ2) is 6.62. The third-order valence-electron chi connectivity index (χ3n) is 0.167. The van der Waals surface area contributed by atoms with E-state index < -0.39 is 11.9 Å². The Hall–Kier alpha value is -0.377. The topological polar surface area (TPSA) is 97.3 Å². The van der Waals surface area contributed by atoms with Gasteiger partial charge >= 0.3 is 27.5 Å². The summed E-state index contributed by atoms with van der Waals surface area (Å²) in [5.74, 6) is -4.37. The number of hydrogen-bond donors (Lipinski definition) is 0. The molecule has 0 aromatic carbocycles. The Labute approximate surface area is 59.6 Å². The number of carboxylic acid groups (broad SMARTS) is 2. The van der Waals surface area contributed by atoms with E-state index >= 15 is 0 Å². The molecule has 0 bridgehead atoms. The molecule has 0 spiro atoms. The third-order valence-corrected chi connectivity index (χ3v) is 0.167. The van der Waals surface area contributed by atoms with E-state index in [0.717, 1.165) is 0 Å². The average Bonchev–Trinajstić information content (AvgIpc) is 1.72. The molecule has 5 nitrogen and oxygen atoms in total. The molecule has 0 aromatic rings. The van der Waals surface area contributed by atoms with Gasteiger partial charge in [0.15, 0.2) is 0 Å². The van der Waals surface area contributed by atoms with Gasteiger partial charge in [-0.1, -0.05) is 0 Å². The first kappa shape index (κ1) is 10.6. The van der Waals surface area contributed by atoms with Crippen LogP contribution in [-0.4, -0.2) is 11.9 Å². The number of carboxylic acids is 2. The summed E-state index contributed by atoms with van der Waals surface area (Å²) in [5.41, 5.74) is 0. The molecular weight excluding hydrogens is 195 g/mol. The van der Waals surface area contributed by atoms with Crippen LogP contribution in [-0.2, 0) is 37.1 Å². The standard InChI is InChI=1S/C2H2O4.O.Zr/c3-1(4)2(5)6;;/h(H,3,4)(H,5,6);;/q;;+2/p-2. The van der Waals surface area contributed by atoms with Gasteiger partial charge in [-0.25, -0.2) is 0 Å². The molecule has 0 aliphatic rings. The maximum absolute atomic E-state index is 8.93. The molecule has 6 heteroatoms. The number of hydrogen-bond acceptors (Lipinski definition) is 5. The van der Waals surface area contributed by atoms with Crippen molar-refractivity contribution < 1.29 is 47.3 Å². The minimum atomic E-state index is -2.19. The fourth-order valence-electron chi connectivity index (χ4n) is 0. The van der Waals surface area contributed by atoms with Gasteiger partial charge in [-0.05, 0) is 0 Å². The average molecular weight is 195 g/mol. The molecule has 42 valence electrons. The molecule has 0 unspecified atom stereocenters. The zero-order valence-corrected chi connectivity index (χ0v) is 6.00. The summed E-state index contributed by atoms with van der Waals surface area (Å²) < 4.78 is 8.34. The number of aliphatic carboxylic acids is 2. The first-order valence-corrected chi connectivity index (χ1v) is 2.27. The van der Waals surface area contributed by atoms with Gasteiger partial charge in [0.25, 0.3) is 0 Å². The van der Waals surface area contributed by atoms with Gasteiger partial charge in [0, 0.05) is 0 Å². The van der Waals surface area contributed by atoms with Crippen molar-refractivity contribution in [3.05, 3.63) is 0 Å². The molecule has 0 heterocycles. The van der Waals surface area contributed by atoms with Gasteiger partial charge in [-0.15, -0.1) is 0 Å². The van der Waals surface area contributed by atoms with Crippen LogP contribution in [0.1, 0.15) is 0 Å². The molecule has 0 radical (unpaired) electrons. The molecule has 0 aliphatic carbocycles. The van der Waals surface area contributed by atoms with Crippen molar-refractivity contribution in [3.63, 3.8) is 0 Å². The summed E-state index contributed by atoms with van der Waals surface area (Å²) in [5, 5.41) is 17.9. The van der Waals surface area contributed by atoms with Crippen molar-refractivity contribution in [2.45, 2.75) is 0 Å². The summed E-state index contributed by atoms with van der Waals surface area (Å²) in [4.78, 5) is 17.9. The van der Waals surface area contributed by atoms with Crippen LogP contribution in [0, 0.1) is 0 Å². The molecule has 0 amide bonds. The first-order chi connectivity index (χ1) is 3.64. The van der Waals surface area contributed by atoms with Gasteiger partial charge in [0.1, 0.15) is 0 Å². The molecule has 0 N–H and O–H groups in total. The Morgan fingerprint density at radius 1 is 1.00 bits per heavy atom. The van der Waals surface area contributed by atoms with E-state index in [1.165, 1.54) is 0 Å². The summed E-state index contributed by atoms with van der Waals surface area (Å²) in [7, 11) is 0. The van der Waals surface area contributed by atoms with Crippen LogP contribution in [0.15, 0.2) is 0 Å². The van der Waals surface area contributed by atoms with Crippen LogP contribution < -0.4 is 10.2 Å². The second-order valence-electron chi connectivity index (χ2n) is 0.575. The molecule has 8 heavy (non-hydrogen) atoms. The van der Waals surface area contributed by atoms with Crippen molar-refractivity contribution in [2.24, 2.45) is 0 Å². The van der Waals surface area contributed by atoms with E-state index in [0.29, 0.717) is 24.7 Å². The zero-order valence-electron chi connectivity index (χ0n) is 3.54. The van der Waals surface area contributed by atoms with Crippen LogP contribution in [0.2, 0.25) is 0 Å². The monoisotopic (exact) mass is 194 g/mol. The predicted octanol–water partition coefficient (Wildman–Crippen LogP) is -3.64. The van der Waals surface area contributed by atoms with E-state index in [1.54, 1.807) is 0 Å². The van der Waals surface area contributed by atoms with Gasteiger partial charge in [0.2, 0.25) is 0 Å². The summed E-state index contributed by atoms with van der Waals surface area (Å²) in [6.07, 6.45) is 0. The Bertz CT molecular complexity index is 86.6. The van der Waals surface area contributed by atoms with E-state index in [2.05, 4.69) is 0 Å². The fraction of sp³-hybridized carbons (Fsp3) is 0. The normalized spacial score (nSPS) is 6.25. The van der Waals surface area contributed by atoms with E-state index in [-0.39, 0.29) is 0 Å². The fourth-order valence-corrected chi connectivity index (χ4v) is 0. The van der Waals surface area contributed by atoms with Crippen molar-refractivity contribution in [3.8, 4) is 0 Å². The van der Waals surface area contributed by atoms with Crippen LogP contribution in [0.3, 0.4) is 0 Å². The zero-order chi connectivity index (χ0) is 7.15. The van der Waals surface area contributed by atoms with Gasteiger partial charge in [-0.3, -0.25) is 0 Å². The number of carbonyl (C=O) groups excluding carboxylic acids is 2. The molecule has 0 saturated carbocycles. The minimum absolute atomic E-state index is 0.300. The van der Waals surface area contributed by atoms with Crippen molar-refractivity contribution >= 4 is 11.9 Å². The van der Waals surface area contributed by atoms with Gasteiger partial charge in [-0.2, -0.15) is 0 Å². The number of carbonyl (C=O) groups is 2. The molecule has 0 fully saturated rings. The van der Waals surface area contributed by atoms with Crippen molar-refractivity contribution in [1.82, 2.24) is 0 Å². The van der Waals surface area contributed by atoms with Crippen molar-refractivity contribution in [1.29, 1.82) is 0 Å². The van der Waals surface area contributed by atoms with Crippen LogP contribution in [0.4, 0.5) is 0 Å². The summed E-state index contributed by atoms with van der Waals surface area (Å²) >= 11 is 0.300. The van der Waals surface area contributed by atoms with E-state index in [4.69, 9.17) is 22.6 Å². The summed E-state index contributed by atoms with van der Waals surface area (Å²) in [6.45, 7) is 0. The van der Waals surface area contributed by atoms with Crippen LogP contribution in [0.5, 0.6) is 0 Å². The Morgan fingerprint density at radius 2 is 1.12 bits per heavy atom. The van der Waals surface area contributed by atoms with Gasteiger partial charge < -0.3 is 19.8 Å². The molecule has 0 saturated heterocycles. The van der Waals surface area contributed by atoms with Crippen LogP contribution in [0.25, 0.3) is 0 Å². The van der Waals surface area contributed by atoms with E-state index in [9.17, 15) is 0 Å². The van der Waals surface area contributed by atoms with Gasteiger partial charge in [0.05, 0.1) is 11.9 Å². The Balaban J connectivity index is 0. The Morgan fingerprint density at radius 3 is 1.12 bits per heavy atom. The first-order valence-electron chi connectivity index (χ1n) is 1.27. The third kappa shape index (κ3) is 9.16. The van der Waals surface area contributed by atoms with Crippen molar-refractivity contribution in [2.75, 3.05) is 0 Å². The predicted molar refractivity (Wildman–Crippen MR) is 10.7 cm³/mol. The van der Waals surface area contributed by atoms with Crippen LogP contribution >= 0.6 is 0 Å². The molecule has 0 aromatic heterocycles. The molecule has 0 aliphatic heterocycles. The number of rotatable bonds is 0. The summed E-state index contributed by atoms with van der Waals surface area (Å²) in [6, 6.07) is 0. The van der Waals surface area contributed by atoms with E-state index in [1.807, 2.05) is 0 Å². The quantitative estimate of drug-likeness (QED) is 0.371. The molecular formula is C2O5Zr. The Kier molecular flexibility index (Phi) is 8.76. The SMILES string of the molecule is O=C([O-])C(=O)[O-].[O]=[Zr+2]. The molecule has 0 atom stereocenters. The maximum atomic E-state index is 8.93.